The SMILES string of the molecule is Nc1cccc(C(=O)OCCc2ccccc2)c1Cl. The highest BCUT2D eigenvalue weighted by atomic mass is 35.5. The van der Waals surface area contributed by atoms with E-state index < -0.39 is 5.97 Å². The number of carbonyl (C=O) groups excluding carboxylic acids is 1. The number of nitrogen functional groups attached to an aromatic ring is 1. The number of rotatable bonds is 4. The molecular formula is C15H14ClNO2. The molecule has 2 aromatic carbocycles. The third-order valence-electron chi connectivity index (χ3n) is 2.72. The van der Waals surface area contributed by atoms with E-state index in [0.29, 0.717) is 24.3 Å². The standard InChI is InChI=1S/C15H14ClNO2/c16-14-12(7-4-8-13(14)17)15(18)19-10-9-11-5-2-1-3-6-11/h1-8H,9-10,17H2. The maximum Gasteiger partial charge on any atom is 0.339 e. The molecule has 4 heteroatoms. The molecule has 0 saturated carbocycles. The number of nitrogens with two attached hydrogens (primary N) is 1. The van der Waals surface area contributed by atoms with Gasteiger partial charge in [-0.25, -0.2) is 4.79 Å². The van der Waals surface area contributed by atoms with Crippen molar-refractivity contribution in [3.8, 4) is 0 Å². The number of ether oxygens (including phenoxy) is 1. The van der Waals surface area contributed by atoms with Crippen LogP contribution in [0, 0.1) is 0 Å². The maximum absolute atomic E-state index is 11.8. The van der Waals surface area contributed by atoms with Gasteiger partial charge in [-0.2, -0.15) is 0 Å². The molecule has 3 nitrogen and oxygen atoms in total. The van der Waals surface area contributed by atoms with Gasteiger partial charge in [-0.05, 0) is 17.7 Å². The fourth-order valence-corrected chi connectivity index (χ4v) is 1.89. The van der Waals surface area contributed by atoms with Crippen LogP contribution in [0.5, 0.6) is 0 Å². The molecule has 0 aliphatic rings. The zero-order valence-electron chi connectivity index (χ0n) is 10.3. The number of esters is 1. The lowest BCUT2D eigenvalue weighted by molar-refractivity contribution is 0.0509. The molecule has 0 amide bonds. The van der Waals surface area contributed by atoms with Crippen LogP contribution in [-0.4, -0.2) is 12.6 Å². The monoisotopic (exact) mass is 275 g/mol. The minimum absolute atomic E-state index is 0.243. The highest BCUT2D eigenvalue weighted by Gasteiger charge is 2.13. The minimum Gasteiger partial charge on any atom is -0.462 e. The number of hydrogen-bond acceptors (Lipinski definition) is 3. The lowest BCUT2D eigenvalue weighted by Gasteiger charge is -2.07. The molecule has 98 valence electrons. The summed E-state index contributed by atoms with van der Waals surface area (Å²) in [6.45, 7) is 0.313. The molecule has 0 spiro atoms. The quantitative estimate of drug-likeness (QED) is 0.688. The first-order valence-corrected chi connectivity index (χ1v) is 6.31. The van der Waals surface area contributed by atoms with E-state index in [1.807, 2.05) is 30.3 Å². The van der Waals surface area contributed by atoms with Crippen molar-refractivity contribution >= 4 is 23.3 Å². The summed E-state index contributed by atoms with van der Waals surface area (Å²) in [4.78, 5) is 11.8. The Balaban J connectivity index is 1.93. The van der Waals surface area contributed by atoms with Gasteiger partial charge in [-0.1, -0.05) is 48.0 Å². The van der Waals surface area contributed by atoms with E-state index >= 15 is 0 Å². The topological polar surface area (TPSA) is 52.3 Å². The summed E-state index contributed by atoms with van der Waals surface area (Å²) in [6, 6.07) is 14.7. The van der Waals surface area contributed by atoms with Crippen LogP contribution in [0.25, 0.3) is 0 Å². The van der Waals surface area contributed by atoms with E-state index in [0.717, 1.165) is 5.56 Å². The Morgan fingerprint density at radius 1 is 1.11 bits per heavy atom. The molecule has 2 aromatic rings. The summed E-state index contributed by atoms with van der Waals surface area (Å²) < 4.78 is 5.19. The average Bonchev–Trinajstić information content (AvgIpc) is 2.43. The van der Waals surface area contributed by atoms with Gasteiger partial charge in [0.2, 0.25) is 0 Å². The molecule has 0 radical (unpaired) electrons. The van der Waals surface area contributed by atoms with Crippen LogP contribution in [0.4, 0.5) is 5.69 Å². The van der Waals surface area contributed by atoms with E-state index in [2.05, 4.69) is 0 Å². The van der Waals surface area contributed by atoms with Crippen LogP contribution in [-0.2, 0) is 11.2 Å². The first-order chi connectivity index (χ1) is 9.18. The van der Waals surface area contributed by atoms with Gasteiger partial charge in [0.15, 0.2) is 0 Å². The van der Waals surface area contributed by atoms with Gasteiger partial charge >= 0.3 is 5.97 Å². The van der Waals surface area contributed by atoms with Gasteiger partial charge in [0.25, 0.3) is 0 Å². The Kier molecular flexibility index (Phi) is 4.42. The molecular weight excluding hydrogens is 262 g/mol. The first kappa shape index (κ1) is 13.4. The van der Waals surface area contributed by atoms with Gasteiger partial charge in [0.1, 0.15) is 0 Å². The van der Waals surface area contributed by atoms with E-state index in [4.69, 9.17) is 22.1 Å². The summed E-state index contributed by atoms with van der Waals surface area (Å²) in [5.41, 5.74) is 7.43. The van der Waals surface area contributed by atoms with Crippen LogP contribution in [0.3, 0.4) is 0 Å². The van der Waals surface area contributed by atoms with E-state index in [-0.39, 0.29) is 5.02 Å². The highest BCUT2D eigenvalue weighted by molar-refractivity contribution is 6.36. The van der Waals surface area contributed by atoms with E-state index in [9.17, 15) is 4.79 Å². The lowest BCUT2D eigenvalue weighted by atomic mass is 10.2. The summed E-state index contributed by atoms with van der Waals surface area (Å²) >= 11 is 5.96. The molecule has 0 aromatic heterocycles. The Hall–Kier alpha value is -2.00. The van der Waals surface area contributed by atoms with Gasteiger partial charge in [-0.3, -0.25) is 0 Å². The fraction of sp³-hybridized carbons (Fsp3) is 0.133. The van der Waals surface area contributed by atoms with Gasteiger partial charge < -0.3 is 10.5 Å². The van der Waals surface area contributed by atoms with Crippen LogP contribution < -0.4 is 5.73 Å². The number of anilines is 1. The summed E-state index contributed by atoms with van der Waals surface area (Å²) in [6.07, 6.45) is 0.673. The molecule has 0 aliphatic carbocycles. The molecule has 0 aliphatic heterocycles. The third kappa shape index (κ3) is 3.48. The Bertz CT molecular complexity index is 570. The molecule has 0 bridgehead atoms. The second-order valence-electron chi connectivity index (χ2n) is 4.08. The lowest BCUT2D eigenvalue weighted by Crippen LogP contribution is -2.09. The molecule has 2 rings (SSSR count). The second-order valence-corrected chi connectivity index (χ2v) is 4.46. The van der Waals surface area contributed by atoms with Gasteiger partial charge in [0.05, 0.1) is 22.9 Å². The number of benzene rings is 2. The molecule has 19 heavy (non-hydrogen) atoms. The predicted molar refractivity (Wildman–Crippen MR) is 76.3 cm³/mol. The van der Waals surface area contributed by atoms with Crippen LogP contribution in [0.15, 0.2) is 48.5 Å². The molecule has 0 unspecified atom stereocenters. The summed E-state index contributed by atoms with van der Waals surface area (Å²) in [5.74, 6) is -0.451. The molecule has 0 saturated heterocycles. The van der Waals surface area contributed by atoms with E-state index in [1.165, 1.54) is 0 Å². The number of hydrogen-bond donors (Lipinski definition) is 1. The second kappa shape index (κ2) is 6.25. The summed E-state index contributed by atoms with van der Waals surface area (Å²) in [5, 5.41) is 0.243. The van der Waals surface area contributed by atoms with E-state index in [1.54, 1.807) is 18.2 Å². The van der Waals surface area contributed by atoms with Gasteiger partial charge in [0, 0.05) is 6.42 Å². The molecule has 0 heterocycles. The average molecular weight is 276 g/mol. The van der Waals surface area contributed by atoms with Crippen LogP contribution >= 0.6 is 11.6 Å². The van der Waals surface area contributed by atoms with Crippen molar-refractivity contribution in [3.63, 3.8) is 0 Å². The summed E-state index contributed by atoms with van der Waals surface area (Å²) in [7, 11) is 0. The Labute approximate surface area is 117 Å². The smallest absolute Gasteiger partial charge is 0.339 e. The molecule has 0 fully saturated rings. The largest absolute Gasteiger partial charge is 0.462 e. The van der Waals surface area contributed by atoms with Gasteiger partial charge in [-0.15, -0.1) is 0 Å². The zero-order chi connectivity index (χ0) is 13.7. The third-order valence-corrected chi connectivity index (χ3v) is 3.14. The Morgan fingerprint density at radius 3 is 2.58 bits per heavy atom. The van der Waals surface area contributed by atoms with Crippen molar-refractivity contribution in [1.29, 1.82) is 0 Å². The Morgan fingerprint density at radius 2 is 1.84 bits per heavy atom. The normalized spacial score (nSPS) is 10.2. The van der Waals surface area contributed by atoms with Crippen molar-refractivity contribution in [2.45, 2.75) is 6.42 Å². The van der Waals surface area contributed by atoms with Crippen LogP contribution in [0.2, 0.25) is 5.02 Å². The van der Waals surface area contributed by atoms with Crippen molar-refractivity contribution in [2.75, 3.05) is 12.3 Å². The maximum atomic E-state index is 11.8. The van der Waals surface area contributed by atoms with Crippen molar-refractivity contribution in [2.24, 2.45) is 0 Å². The number of halogens is 1. The van der Waals surface area contributed by atoms with Crippen molar-refractivity contribution < 1.29 is 9.53 Å². The highest BCUT2D eigenvalue weighted by Crippen LogP contribution is 2.23. The minimum atomic E-state index is -0.451. The van der Waals surface area contributed by atoms with Crippen LogP contribution in [0.1, 0.15) is 15.9 Å². The first-order valence-electron chi connectivity index (χ1n) is 5.93. The molecule has 2 N–H and O–H groups in total. The van der Waals surface area contributed by atoms with Crippen molar-refractivity contribution in [1.82, 2.24) is 0 Å². The predicted octanol–water partition coefficient (Wildman–Crippen LogP) is 3.32. The number of carbonyl (C=O) groups is 1. The molecule has 0 atom stereocenters. The zero-order valence-corrected chi connectivity index (χ0v) is 11.1. The van der Waals surface area contributed by atoms with Crippen molar-refractivity contribution in [3.05, 3.63) is 64.7 Å². The fourth-order valence-electron chi connectivity index (χ4n) is 1.69.